The number of phosphoric ester groups is 2. The first-order valence-corrected chi connectivity index (χ1v) is 46.4. The number of ether oxygens (including phenoxy) is 4. The Hall–Kier alpha value is -1.94. The number of esters is 4. The van der Waals surface area contributed by atoms with Gasteiger partial charge in [0.2, 0.25) is 0 Å². The molecular formula is C84H164O17P2. The number of hydrogen-bond donors (Lipinski definition) is 3. The molecule has 3 unspecified atom stereocenters. The summed E-state index contributed by atoms with van der Waals surface area (Å²) in [7, 11) is -9.92. The Kier molecular flexibility index (Phi) is 72.8. The minimum atomic E-state index is -4.96. The Morgan fingerprint density at radius 2 is 0.495 bits per heavy atom. The fourth-order valence-corrected chi connectivity index (χ4v) is 14.6. The highest BCUT2D eigenvalue weighted by molar-refractivity contribution is 7.47. The van der Waals surface area contributed by atoms with E-state index in [1.807, 2.05) is 0 Å². The smallest absolute Gasteiger partial charge is 0.462 e. The SMILES string of the molecule is CCCCCCCCCCCCCCCCCCCCCCC(=O)OC[C@H](COP(=O)(O)OC[C@@H](O)COP(=O)(O)OC[C@@H](COC(=O)CCCCCCCCCC(C)C)OC(=O)CCCCCCCCCCC(C)CC)OC(=O)CCCCCCCCCCCCCCCCCCCCC(C)C. The van der Waals surface area contributed by atoms with Crippen LogP contribution in [0.1, 0.15) is 440 Å². The van der Waals surface area contributed by atoms with Crippen molar-refractivity contribution in [2.75, 3.05) is 39.6 Å². The molecule has 0 aromatic carbocycles. The van der Waals surface area contributed by atoms with Gasteiger partial charge in [-0.25, -0.2) is 9.13 Å². The first kappa shape index (κ1) is 101. The van der Waals surface area contributed by atoms with Gasteiger partial charge >= 0.3 is 39.5 Å². The lowest BCUT2D eigenvalue weighted by Crippen LogP contribution is -2.30. The molecule has 0 aliphatic rings. The summed E-state index contributed by atoms with van der Waals surface area (Å²) in [5, 5.41) is 10.7. The second-order valence-electron chi connectivity index (χ2n) is 31.4. The van der Waals surface area contributed by atoms with Crippen molar-refractivity contribution in [2.24, 2.45) is 17.8 Å². The lowest BCUT2D eigenvalue weighted by molar-refractivity contribution is -0.161. The number of aliphatic hydroxyl groups is 1. The number of unbranched alkanes of at least 4 members (excludes halogenated alkanes) is 49. The molecule has 0 aliphatic heterocycles. The van der Waals surface area contributed by atoms with Crippen molar-refractivity contribution in [2.45, 2.75) is 458 Å². The molecule has 0 rings (SSSR count). The van der Waals surface area contributed by atoms with Crippen LogP contribution in [0.4, 0.5) is 0 Å². The Bertz CT molecular complexity index is 1990. The molecule has 17 nitrogen and oxygen atoms in total. The molecule has 612 valence electrons. The molecule has 103 heavy (non-hydrogen) atoms. The Labute approximate surface area is 632 Å². The fourth-order valence-electron chi connectivity index (χ4n) is 13.0. The van der Waals surface area contributed by atoms with E-state index in [1.54, 1.807) is 0 Å². The molecule has 0 aliphatic carbocycles. The van der Waals surface area contributed by atoms with E-state index in [9.17, 15) is 43.2 Å². The van der Waals surface area contributed by atoms with Crippen LogP contribution in [0.3, 0.4) is 0 Å². The highest BCUT2D eigenvalue weighted by Gasteiger charge is 2.30. The normalized spacial score (nSPS) is 14.2. The zero-order valence-corrected chi connectivity index (χ0v) is 69.6. The van der Waals surface area contributed by atoms with E-state index in [0.717, 1.165) is 108 Å². The van der Waals surface area contributed by atoms with Gasteiger partial charge in [0.05, 0.1) is 26.4 Å². The summed E-state index contributed by atoms with van der Waals surface area (Å²) in [6, 6.07) is 0. The molecule has 0 amide bonds. The first-order chi connectivity index (χ1) is 49.8. The maximum atomic E-state index is 13.1. The van der Waals surface area contributed by atoms with Gasteiger partial charge in [0, 0.05) is 25.7 Å². The van der Waals surface area contributed by atoms with Crippen molar-refractivity contribution in [3.8, 4) is 0 Å². The zero-order valence-electron chi connectivity index (χ0n) is 67.8. The average molecular weight is 1510 g/mol. The molecule has 0 saturated carbocycles. The number of hydrogen-bond acceptors (Lipinski definition) is 15. The number of aliphatic hydroxyl groups excluding tert-OH is 1. The zero-order chi connectivity index (χ0) is 75.8. The van der Waals surface area contributed by atoms with Gasteiger partial charge in [-0.3, -0.25) is 37.3 Å². The minimum Gasteiger partial charge on any atom is -0.462 e. The molecule has 0 aromatic heterocycles. The Balaban J connectivity index is 5.21. The van der Waals surface area contributed by atoms with Crippen molar-refractivity contribution in [1.82, 2.24) is 0 Å². The molecule has 19 heteroatoms. The minimum absolute atomic E-state index is 0.104. The monoisotopic (exact) mass is 1510 g/mol. The highest BCUT2D eigenvalue weighted by atomic mass is 31.2. The second kappa shape index (κ2) is 74.2. The van der Waals surface area contributed by atoms with Crippen molar-refractivity contribution < 1.29 is 80.2 Å². The highest BCUT2D eigenvalue weighted by Crippen LogP contribution is 2.45. The van der Waals surface area contributed by atoms with Crippen LogP contribution in [0.15, 0.2) is 0 Å². The van der Waals surface area contributed by atoms with E-state index in [0.29, 0.717) is 31.6 Å². The predicted molar refractivity (Wildman–Crippen MR) is 423 cm³/mol. The van der Waals surface area contributed by atoms with E-state index >= 15 is 0 Å². The molecule has 3 N–H and O–H groups in total. The maximum absolute atomic E-state index is 13.1. The summed E-state index contributed by atoms with van der Waals surface area (Å²) in [5.41, 5.74) is 0. The molecule has 0 heterocycles. The first-order valence-electron chi connectivity index (χ1n) is 43.4. The van der Waals surface area contributed by atoms with Crippen LogP contribution in [0.5, 0.6) is 0 Å². The number of rotatable bonds is 82. The van der Waals surface area contributed by atoms with Crippen LogP contribution in [0.2, 0.25) is 0 Å². The molecule has 0 bridgehead atoms. The molecule has 0 radical (unpaired) electrons. The number of carbonyl (C=O) groups excluding carboxylic acids is 4. The molecule has 6 atom stereocenters. The third-order valence-electron chi connectivity index (χ3n) is 20.0. The largest absolute Gasteiger partial charge is 0.472 e. The maximum Gasteiger partial charge on any atom is 0.472 e. The van der Waals surface area contributed by atoms with E-state index < -0.39 is 97.5 Å². The van der Waals surface area contributed by atoms with Gasteiger partial charge in [0.1, 0.15) is 19.3 Å². The summed E-state index contributed by atoms with van der Waals surface area (Å²) in [6.45, 7) is 11.9. The summed E-state index contributed by atoms with van der Waals surface area (Å²) >= 11 is 0. The van der Waals surface area contributed by atoms with Gasteiger partial charge < -0.3 is 33.8 Å². The Morgan fingerprint density at radius 3 is 0.738 bits per heavy atom. The van der Waals surface area contributed by atoms with E-state index in [4.69, 9.17) is 37.0 Å². The average Bonchev–Trinajstić information content (AvgIpc) is 0.910. The van der Waals surface area contributed by atoms with Gasteiger partial charge in [-0.1, -0.05) is 389 Å². The number of phosphoric acid groups is 2. The summed E-state index contributed by atoms with van der Waals surface area (Å²) in [6.07, 6.45) is 64.1. The topological polar surface area (TPSA) is 237 Å². The third-order valence-corrected chi connectivity index (χ3v) is 21.9. The van der Waals surface area contributed by atoms with Gasteiger partial charge in [-0.2, -0.15) is 0 Å². The third kappa shape index (κ3) is 76.6. The van der Waals surface area contributed by atoms with Crippen LogP contribution in [-0.2, 0) is 65.4 Å². The van der Waals surface area contributed by atoms with Gasteiger partial charge in [0.15, 0.2) is 12.2 Å². The molecule has 0 aromatic rings. The summed E-state index contributed by atoms with van der Waals surface area (Å²) < 4.78 is 68.8. The van der Waals surface area contributed by atoms with E-state index in [-0.39, 0.29) is 25.7 Å². The molecular weight excluding hydrogens is 1340 g/mol. The van der Waals surface area contributed by atoms with Crippen molar-refractivity contribution >= 4 is 39.5 Å². The van der Waals surface area contributed by atoms with Gasteiger partial charge in [-0.15, -0.1) is 0 Å². The van der Waals surface area contributed by atoms with Crippen LogP contribution in [0, 0.1) is 17.8 Å². The number of carbonyl (C=O) groups is 4. The molecule has 0 fully saturated rings. The lowest BCUT2D eigenvalue weighted by Gasteiger charge is -2.21. The van der Waals surface area contributed by atoms with Gasteiger partial charge in [0.25, 0.3) is 0 Å². The molecule has 0 spiro atoms. The standard InChI is InChI=1S/C84H164O17P2/c1-8-10-11-12-13-14-15-16-17-18-19-20-24-27-30-33-36-44-51-58-65-81(86)94-71-79(100-83(88)67-60-53-45-37-34-31-28-25-22-21-23-26-29-32-35-41-48-55-62-75(3)4)73-98-102(90,91)96-69-78(85)70-97-103(92,93)99-74-80(72-95-82(87)66-59-52-47-40-42-49-56-63-76(5)6)101-84(89)68-61-54-46-39-38-43-50-57-64-77(7)9-2/h75-80,85H,8-74H2,1-7H3,(H,90,91)(H,92,93)/t77?,78-,79-,80-/m1/s1. The second-order valence-corrected chi connectivity index (χ2v) is 34.3. The van der Waals surface area contributed by atoms with Crippen molar-refractivity contribution in [1.29, 1.82) is 0 Å². The van der Waals surface area contributed by atoms with E-state index in [1.165, 1.54) is 244 Å². The summed E-state index contributed by atoms with van der Waals surface area (Å²) in [5.74, 6) is 0.183. The van der Waals surface area contributed by atoms with Crippen LogP contribution >= 0.6 is 15.6 Å². The van der Waals surface area contributed by atoms with Crippen LogP contribution in [-0.4, -0.2) is 96.7 Å². The van der Waals surface area contributed by atoms with Crippen LogP contribution < -0.4 is 0 Å². The van der Waals surface area contributed by atoms with Crippen molar-refractivity contribution in [3.63, 3.8) is 0 Å². The Morgan fingerprint density at radius 1 is 0.282 bits per heavy atom. The molecule has 0 saturated heterocycles. The van der Waals surface area contributed by atoms with Crippen molar-refractivity contribution in [3.05, 3.63) is 0 Å². The predicted octanol–water partition coefficient (Wildman–Crippen LogP) is 25.3. The lowest BCUT2D eigenvalue weighted by atomic mass is 9.99. The quantitative estimate of drug-likeness (QED) is 0.0222. The van der Waals surface area contributed by atoms with E-state index in [2.05, 4.69) is 48.5 Å². The van der Waals surface area contributed by atoms with Gasteiger partial charge in [-0.05, 0) is 43.4 Å². The summed E-state index contributed by atoms with van der Waals surface area (Å²) in [4.78, 5) is 73.1. The van der Waals surface area contributed by atoms with Crippen LogP contribution in [0.25, 0.3) is 0 Å². The fraction of sp³-hybridized carbons (Fsp3) is 0.952.